The third kappa shape index (κ3) is 3.90. The summed E-state index contributed by atoms with van der Waals surface area (Å²) >= 11 is 0. The van der Waals surface area contributed by atoms with Gasteiger partial charge in [-0.2, -0.15) is 5.10 Å². The highest BCUT2D eigenvalue weighted by Gasteiger charge is 2.29. The molecule has 31 heavy (non-hydrogen) atoms. The summed E-state index contributed by atoms with van der Waals surface area (Å²) in [6.45, 7) is 5.89. The molecule has 0 bridgehead atoms. The zero-order chi connectivity index (χ0) is 21.5. The average Bonchev–Trinajstić information content (AvgIpc) is 3.60. The molecule has 2 aliphatic rings. The fourth-order valence-electron chi connectivity index (χ4n) is 4.41. The lowest BCUT2D eigenvalue weighted by Gasteiger charge is -2.29. The van der Waals surface area contributed by atoms with Crippen LogP contribution < -0.4 is 4.90 Å². The van der Waals surface area contributed by atoms with E-state index in [1.807, 2.05) is 27.1 Å². The van der Waals surface area contributed by atoms with E-state index in [4.69, 9.17) is 9.72 Å². The first-order chi connectivity index (χ1) is 15.0. The topological polar surface area (TPSA) is 63.5 Å². The van der Waals surface area contributed by atoms with Gasteiger partial charge < -0.3 is 14.5 Å². The Hall–Kier alpha value is -2.93. The van der Waals surface area contributed by atoms with Crippen LogP contribution in [0.2, 0.25) is 0 Å². The van der Waals surface area contributed by atoms with Crippen LogP contribution in [-0.4, -0.2) is 58.9 Å². The second-order valence-corrected chi connectivity index (χ2v) is 8.70. The summed E-state index contributed by atoms with van der Waals surface area (Å²) in [7, 11) is 3.76. The molecule has 0 radical (unpaired) electrons. The standard InChI is InChI=1S/C24H29N5O2/c1-16-22-20(14-21(18-6-7-18)25-23(22)28(3)26-16)24(30)27(2)15-17-4-8-19(9-5-17)29-10-12-31-13-11-29/h4-5,8-9,14,18H,6-7,10-13,15H2,1-3H3. The van der Waals surface area contributed by atoms with E-state index >= 15 is 0 Å². The Morgan fingerprint density at radius 1 is 1.19 bits per heavy atom. The van der Waals surface area contributed by atoms with Crippen molar-refractivity contribution in [2.45, 2.75) is 32.2 Å². The van der Waals surface area contributed by atoms with E-state index in [2.05, 4.69) is 34.3 Å². The Kier molecular flexibility index (Phi) is 5.14. The Bertz CT molecular complexity index is 1110. The molecular weight excluding hydrogens is 390 g/mol. The van der Waals surface area contributed by atoms with Gasteiger partial charge in [0.25, 0.3) is 5.91 Å². The molecule has 1 amide bonds. The molecule has 1 saturated heterocycles. The van der Waals surface area contributed by atoms with Gasteiger partial charge in [-0.25, -0.2) is 4.98 Å². The number of anilines is 1. The molecule has 7 nitrogen and oxygen atoms in total. The molecule has 0 atom stereocenters. The van der Waals surface area contributed by atoms with E-state index in [9.17, 15) is 4.79 Å². The van der Waals surface area contributed by atoms with Crippen LogP contribution in [-0.2, 0) is 18.3 Å². The number of carbonyl (C=O) groups excluding carboxylic acids is 1. The van der Waals surface area contributed by atoms with Gasteiger partial charge in [-0.15, -0.1) is 0 Å². The lowest BCUT2D eigenvalue weighted by Crippen LogP contribution is -2.36. The molecule has 162 valence electrons. The maximum Gasteiger partial charge on any atom is 0.254 e. The summed E-state index contributed by atoms with van der Waals surface area (Å²) < 4.78 is 7.23. The van der Waals surface area contributed by atoms with Gasteiger partial charge in [-0.3, -0.25) is 9.48 Å². The molecule has 1 saturated carbocycles. The molecule has 3 heterocycles. The van der Waals surface area contributed by atoms with E-state index < -0.39 is 0 Å². The fraction of sp³-hybridized carbons (Fsp3) is 0.458. The Labute approximate surface area is 182 Å². The van der Waals surface area contributed by atoms with Crippen LogP contribution in [0.3, 0.4) is 0 Å². The first kappa shape index (κ1) is 20.0. The van der Waals surface area contributed by atoms with Crippen molar-refractivity contribution in [2.24, 2.45) is 7.05 Å². The molecule has 0 unspecified atom stereocenters. The Morgan fingerprint density at radius 3 is 2.58 bits per heavy atom. The van der Waals surface area contributed by atoms with E-state index in [1.54, 1.807) is 9.58 Å². The zero-order valence-electron chi connectivity index (χ0n) is 18.5. The van der Waals surface area contributed by atoms with E-state index in [0.717, 1.165) is 67.1 Å². The SMILES string of the molecule is Cc1nn(C)c2nc(C3CC3)cc(C(=O)N(C)Cc3ccc(N4CCOCC4)cc3)c12. The summed E-state index contributed by atoms with van der Waals surface area (Å²) in [5.41, 5.74) is 5.69. The lowest BCUT2D eigenvalue weighted by molar-refractivity contribution is 0.0786. The number of morpholine rings is 1. The van der Waals surface area contributed by atoms with Crippen molar-refractivity contribution >= 4 is 22.6 Å². The highest BCUT2D eigenvalue weighted by Crippen LogP contribution is 2.40. The number of carbonyl (C=O) groups is 1. The van der Waals surface area contributed by atoms with Gasteiger partial charge in [-0.1, -0.05) is 12.1 Å². The van der Waals surface area contributed by atoms with Gasteiger partial charge in [0, 0.05) is 51.0 Å². The maximum atomic E-state index is 13.5. The van der Waals surface area contributed by atoms with Crippen molar-refractivity contribution in [3.05, 3.63) is 52.8 Å². The number of fused-ring (bicyclic) bond motifs is 1. The Balaban J connectivity index is 1.38. The molecule has 1 aromatic carbocycles. The van der Waals surface area contributed by atoms with E-state index in [1.165, 1.54) is 5.69 Å². The van der Waals surface area contributed by atoms with Gasteiger partial charge in [0.1, 0.15) is 0 Å². The first-order valence-corrected chi connectivity index (χ1v) is 11.0. The number of aryl methyl sites for hydroxylation is 2. The van der Waals surface area contributed by atoms with Crippen LogP contribution in [0.25, 0.3) is 11.0 Å². The molecule has 7 heteroatoms. The number of aromatic nitrogens is 3. The fourth-order valence-corrected chi connectivity index (χ4v) is 4.41. The van der Waals surface area contributed by atoms with Gasteiger partial charge in [-0.05, 0) is 43.5 Å². The van der Waals surface area contributed by atoms with Crippen LogP contribution in [0.15, 0.2) is 30.3 Å². The molecular formula is C24H29N5O2. The maximum absolute atomic E-state index is 13.5. The van der Waals surface area contributed by atoms with E-state index in [-0.39, 0.29) is 5.91 Å². The number of pyridine rings is 1. The second-order valence-electron chi connectivity index (χ2n) is 8.70. The van der Waals surface area contributed by atoms with Crippen molar-refractivity contribution in [2.75, 3.05) is 38.3 Å². The minimum atomic E-state index is 0.0163. The number of nitrogens with zero attached hydrogens (tertiary/aromatic N) is 5. The first-order valence-electron chi connectivity index (χ1n) is 11.0. The van der Waals surface area contributed by atoms with Gasteiger partial charge >= 0.3 is 0 Å². The number of hydrogen-bond donors (Lipinski definition) is 0. The summed E-state index contributed by atoms with van der Waals surface area (Å²) in [6.07, 6.45) is 2.29. The minimum absolute atomic E-state index is 0.0163. The number of ether oxygens (including phenoxy) is 1. The van der Waals surface area contributed by atoms with Crippen molar-refractivity contribution in [1.82, 2.24) is 19.7 Å². The number of hydrogen-bond acceptors (Lipinski definition) is 5. The second kappa shape index (κ2) is 7.96. The molecule has 1 aliphatic heterocycles. The van der Waals surface area contributed by atoms with Crippen LogP contribution in [0, 0.1) is 6.92 Å². The summed E-state index contributed by atoms with van der Waals surface area (Å²) in [5, 5.41) is 5.39. The Morgan fingerprint density at radius 2 is 1.90 bits per heavy atom. The van der Waals surface area contributed by atoms with Gasteiger partial charge in [0.05, 0.1) is 29.9 Å². The van der Waals surface area contributed by atoms with Crippen molar-refractivity contribution in [3.63, 3.8) is 0 Å². The third-order valence-electron chi connectivity index (χ3n) is 6.29. The largest absolute Gasteiger partial charge is 0.378 e. The molecule has 0 spiro atoms. The molecule has 0 N–H and O–H groups in total. The summed E-state index contributed by atoms with van der Waals surface area (Å²) in [5.74, 6) is 0.492. The molecule has 2 aromatic heterocycles. The summed E-state index contributed by atoms with van der Waals surface area (Å²) in [6, 6.07) is 10.5. The molecule has 2 fully saturated rings. The van der Waals surface area contributed by atoms with Crippen molar-refractivity contribution in [3.8, 4) is 0 Å². The number of benzene rings is 1. The third-order valence-corrected chi connectivity index (χ3v) is 6.29. The van der Waals surface area contributed by atoms with Crippen LogP contribution >= 0.6 is 0 Å². The predicted molar refractivity (Wildman–Crippen MR) is 120 cm³/mol. The number of amides is 1. The van der Waals surface area contributed by atoms with Crippen LogP contribution in [0.5, 0.6) is 0 Å². The van der Waals surface area contributed by atoms with Crippen molar-refractivity contribution < 1.29 is 9.53 Å². The predicted octanol–water partition coefficient (Wildman–Crippen LogP) is 3.26. The average molecular weight is 420 g/mol. The lowest BCUT2D eigenvalue weighted by atomic mass is 10.1. The van der Waals surface area contributed by atoms with Gasteiger partial charge in [0.15, 0.2) is 5.65 Å². The molecule has 3 aromatic rings. The van der Waals surface area contributed by atoms with Crippen LogP contribution in [0.4, 0.5) is 5.69 Å². The summed E-state index contributed by atoms with van der Waals surface area (Å²) in [4.78, 5) is 22.4. The monoisotopic (exact) mass is 419 g/mol. The quantitative estimate of drug-likeness (QED) is 0.635. The number of rotatable bonds is 5. The zero-order valence-corrected chi connectivity index (χ0v) is 18.5. The highest BCUT2D eigenvalue weighted by atomic mass is 16.5. The highest BCUT2D eigenvalue weighted by molar-refractivity contribution is 6.06. The normalized spacial score (nSPS) is 16.7. The van der Waals surface area contributed by atoms with Gasteiger partial charge in [0.2, 0.25) is 0 Å². The minimum Gasteiger partial charge on any atom is -0.378 e. The van der Waals surface area contributed by atoms with Crippen molar-refractivity contribution in [1.29, 1.82) is 0 Å². The molecule has 5 rings (SSSR count). The molecule has 1 aliphatic carbocycles. The van der Waals surface area contributed by atoms with E-state index in [0.29, 0.717) is 18.0 Å². The smallest absolute Gasteiger partial charge is 0.254 e. The van der Waals surface area contributed by atoms with Crippen LogP contribution in [0.1, 0.15) is 46.1 Å².